The van der Waals surface area contributed by atoms with Crippen molar-refractivity contribution in [3.05, 3.63) is 0 Å². The highest BCUT2D eigenvalue weighted by molar-refractivity contribution is 5.82. The van der Waals surface area contributed by atoms with Gasteiger partial charge >= 0.3 is 0 Å². The van der Waals surface area contributed by atoms with Gasteiger partial charge in [0.2, 0.25) is 5.91 Å². The van der Waals surface area contributed by atoms with Gasteiger partial charge in [0.25, 0.3) is 0 Å². The third-order valence-electron chi connectivity index (χ3n) is 2.28. The molecule has 0 bridgehead atoms. The van der Waals surface area contributed by atoms with Crippen molar-refractivity contribution in [2.75, 3.05) is 6.61 Å². The summed E-state index contributed by atoms with van der Waals surface area (Å²) in [7, 11) is 0. The number of nitrogens with one attached hydrogen (secondary N) is 1. The number of aliphatic hydroxyl groups excluding tert-OH is 1. The summed E-state index contributed by atoms with van der Waals surface area (Å²) in [5, 5.41) is 11.6. The van der Waals surface area contributed by atoms with Gasteiger partial charge in [-0.2, -0.15) is 0 Å². The first kappa shape index (κ1) is 13.4. The summed E-state index contributed by atoms with van der Waals surface area (Å²) in [4.78, 5) is 11.6. The van der Waals surface area contributed by atoms with Crippen LogP contribution in [0.5, 0.6) is 0 Å². The molecule has 0 spiro atoms. The van der Waals surface area contributed by atoms with E-state index in [0.717, 1.165) is 0 Å². The lowest BCUT2D eigenvalue weighted by Crippen LogP contribution is -2.52. The van der Waals surface area contributed by atoms with Gasteiger partial charge in [-0.1, -0.05) is 27.7 Å². The largest absolute Gasteiger partial charge is 0.394 e. The van der Waals surface area contributed by atoms with Crippen LogP contribution in [0.4, 0.5) is 0 Å². The van der Waals surface area contributed by atoms with E-state index in [2.05, 4.69) is 5.32 Å². The van der Waals surface area contributed by atoms with E-state index in [-0.39, 0.29) is 24.0 Å². The molecule has 4 N–H and O–H groups in total. The number of carbonyl (C=O) groups is 1. The number of nitrogens with two attached hydrogens (primary N) is 1. The van der Waals surface area contributed by atoms with Crippen LogP contribution >= 0.6 is 0 Å². The molecule has 0 fully saturated rings. The first-order valence-electron chi connectivity index (χ1n) is 4.99. The van der Waals surface area contributed by atoms with Gasteiger partial charge in [0, 0.05) is 0 Å². The highest BCUT2D eigenvalue weighted by Crippen LogP contribution is 2.17. The van der Waals surface area contributed by atoms with Crippen molar-refractivity contribution >= 4 is 5.91 Å². The third kappa shape index (κ3) is 4.07. The van der Waals surface area contributed by atoms with Crippen molar-refractivity contribution in [2.24, 2.45) is 11.1 Å². The Bertz CT molecular complexity index is 183. The maximum absolute atomic E-state index is 11.6. The normalized spacial score (nSPS) is 16.1. The van der Waals surface area contributed by atoms with E-state index >= 15 is 0 Å². The number of amides is 1. The van der Waals surface area contributed by atoms with Gasteiger partial charge in [-0.3, -0.25) is 4.79 Å². The Morgan fingerprint density at radius 3 is 2.29 bits per heavy atom. The second kappa shape index (κ2) is 5.32. The van der Waals surface area contributed by atoms with Gasteiger partial charge in [-0.15, -0.1) is 0 Å². The maximum atomic E-state index is 11.6. The van der Waals surface area contributed by atoms with E-state index in [4.69, 9.17) is 10.8 Å². The standard InChI is InChI=1S/C10H22N2O2/c1-5-7(6-13)12-9(14)8(11)10(2,3)4/h7-8,13H,5-6,11H2,1-4H3,(H,12,14)/t7?,8-/m0/s1. The van der Waals surface area contributed by atoms with Gasteiger partial charge in [-0.25, -0.2) is 0 Å². The predicted octanol–water partition coefficient (Wildman–Crippen LogP) is 0.247. The minimum absolute atomic E-state index is 0.0426. The number of hydrogen-bond donors (Lipinski definition) is 3. The quantitative estimate of drug-likeness (QED) is 0.611. The van der Waals surface area contributed by atoms with Crippen molar-refractivity contribution in [3.8, 4) is 0 Å². The van der Waals surface area contributed by atoms with Crippen LogP contribution in [0.3, 0.4) is 0 Å². The minimum atomic E-state index is -0.539. The Labute approximate surface area is 85.9 Å². The second-order valence-electron chi connectivity index (χ2n) is 4.64. The molecule has 14 heavy (non-hydrogen) atoms. The van der Waals surface area contributed by atoms with Crippen LogP contribution in [-0.4, -0.2) is 29.7 Å². The summed E-state index contributed by atoms with van der Waals surface area (Å²) in [6.45, 7) is 7.61. The van der Waals surface area contributed by atoms with Crippen LogP contribution in [0.25, 0.3) is 0 Å². The molecule has 0 rings (SSSR count). The van der Waals surface area contributed by atoms with Gasteiger partial charge in [0.1, 0.15) is 0 Å². The van der Waals surface area contributed by atoms with Crippen LogP contribution in [-0.2, 0) is 4.79 Å². The van der Waals surface area contributed by atoms with Crippen LogP contribution in [0.2, 0.25) is 0 Å². The molecule has 0 aromatic heterocycles. The molecule has 0 aliphatic rings. The molecule has 0 aromatic rings. The number of rotatable bonds is 4. The summed E-state index contributed by atoms with van der Waals surface area (Å²) in [6, 6.07) is -0.723. The van der Waals surface area contributed by atoms with E-state index in [1.165, 1.54) is 0 Å². The molecule has 0 aliphatic heterocycles. The molecule has 0 aromatic carbocycles. The zero-order valence-corrected chi connectivity index (χ0v) is 9.50. The molecule has 4 nitrogen and oxygen atoms in total. The average molecular weight is 202 g/mol. The van der Waals surface area contributed by atoms with E-state index in [0.29, 0.717) is 6.42 Å². The second-order valence-corrected chi connectivity index (χ2v) is 4.64. The lowest BCUT2D eigenvalue weighted by Gasteiger charge is -2.27. The first-order chi connectivity index (χ1) is 6.32. The van der Waals surface area contributed by atoms with Crippen LogP contribution in [0.1, 0.15) is 34.1 Å². The van der Waals surface area contributed by atoms with E-state index in [9.17, 15) is 4.79 Å². The molecular weight excluding hydrogens is 180 g/mol. The third-order valence-corrected chi connectivity index (χ3v) is 2.28. The number of aliphatic hydroxyl groups is 1. The Morgan fingerprint density at radius 1 is 1.50 bits per heavy atom. The molecule has 0 heterocycles. The predicted molar refractivity (Wildman–Crippen MR) is 56.7 cm³/mol. The summed E-state index contributed by atoms with van der Waals surface area (Å²) in [5.41, 5.74) is 5.51. The topological polar surface area (TPSA) is 75.3 Å². The highest BCUT2D eigenvalue weighted by atomic mass is 16.3. The van der Waals surface area contributed by atoms with E-state index in [1.54, 1.807) is 0 Å². The first-order valence-corrected chi connectivity index (χ1v) is 4.99. The monoisotopic (exact) mass is 202 g/mol. The molecule has 0 aliphatic carbocycles. The van der Waals surface area contributed by atoms with E-state index < -0.39 is 6.04 Å². The number of carbonyl (C=O) groups excluding carboxylic acids is 1. The van der Waals surface area contributed by atoms with Gasteiger partial charge in [0.05, 0.1) is 18.7 Å². The molecule has 0 radical (unpaired) electrons. The molecule has 84 valence electrons. The Balaban J connectivity index is 4.21. The Morgan fingerprint density at radius 2 is 2.00 bits per heavy atom. The van der Waals surface area contributed by atoms with E-state index in [1.807, 2.05) is 27.7 Å². The number of hydrogen-bond acceptors (Lipinski definition) is 3. The van der Waals surface area contributed by atoms with Crippen molar-refractivity contribution in [3.63, 3.8) is 0 Å². The smallest absolute Gasteiger partial charge is 0.237 e. The van der Waals surface area contributed by atoms with Crippen LogP contribution < -0.4 is 11.1 Å². The highest BCUT2D eigenvalue weighted by Gasteiger charge is 2.28. The van der Waals surface area contributed by atoms with Crippen molar-refractivity contribution in [1.82, 2.24) is 5.32 Å². The van der Waals surface area contributed by atoms with Crippen LogP contribution in [0, 0.1) is 5.41 Å². The summed E-state index contributed by atoms with van der Waals surface area (Å²) >= 11 is 0. The lowest BCUT2D eigenvalue weighted by molar-refractivity contribution is -0.125. The minimum Gasteiger partial charge on any atom is -0.394 e. The molecular formula is C10H22N2O2. The van der Waals surface area contributed by atoms with Crippen LogP contribution in [0.15, 0.2) is 0 Å². The fraction of sp³-hybridized carbons (Fsp3) is 0.900. The zero-order chi connectivity index (χ0) is 11.4. The summed E-state index contributed by atoms with van der Waals surface area (Å²) in [6.07, 6.45) is 0.707. The maximum Gasteiger partial charge on any atom is 0.237 e. The molecule has 1 unspecified atom stereocenters. The van der Waals surface area contributed by atoms with Gasteiger partial charge < -0.3 is 16.2 Å². The fourth-order valence-electron chi connectivity index (χ4n) is 0.961. The molecule has 2 atom stereocenters. The van der Waals surface area contributed by atoms with Crippen molar-refractivity contribution in [2.45, 2.75) is 46.2 Å². The lowest BCUT2D eigenvalue weighted by atomic mass is 9.87. The summed E-state index contributed by atoms with van der Waals surface area (Å²) in [5.74, 6) is -0.196. The molecule has 0 saturated carbocycles. The zero-order valence-electron chi connectivity index (χ0n) is 9.50. The van der Waals surface area contributed by atoms with Crippen molar-refractivity contribution < 1.29 is 9.90 Å². The molecule has 4 heteroatoms. The average Bonchev–Trinajstić information content (AvgIpc) is 2.11. The Hall–Kier alpha value is -0.610. The SMILES string of the molecule is CCC(CO)NC(=O)[C@H](N)C(C)(C)C. The molecule has 0 saturated heterocycles. The fourth-order valence-corrected chi connectivity index (χ4v) is 0.961. The molecule has 1 amide bonds. The van der Waals surface area contributed by atoms with Gasteiger partial charge in [0.15, 0.2) is 0 Å². The Kier molecular flexibility index (Phi) is 5.08. The van der Waals surface area contributed by atoms with Crippen molar-refractivity contribution in [1.29, 1.82) is 0 Å². The summed E-state index contributed by atoms with van der Waals surface area (Å²) < 4.78 is 0. The van der Waals surface area contributed by atoms with Gasteiger partial charge in [-0.05, 0) is 11.8 Å².